The second kappa shape index (κ2) is 7.94. The Morgan fingerprint density at radius 3 is 2.60 bits per heavy atom. The lowest BCUT2D eigenvalue weighted by atomic mass is 10.2. The number of para-hydroxylation sites is 2. The molecule has 0 saturated carbocycles. The topological polar surface area (TPSA) is 79.4 Å². The summed E-state index contributed by atoms with van der Waals surface area (Å²) in [6.07, 6.45) is 3.06. The Bertz CT molecular complexity index is 712. The van der Waals surface area contributed by atoms with Crippen LogP contribution >= 0.6 is 0 Å². The Labute approximate surface area is 147 Å². The summed E-state index contributed by atoms with van der Waals surface area (Å²) in [5, 5.41) is 6.09. The number of nitrogens with zero attached hydrogens (tertiary/aromatic N) is 3. The van der Waals surface area contributed by atoms with Crippen LogP contribution in [0.1, 0.15) is 24.3 Å². The largest absolute Gasteiger partial charge is 0.378 e. The van der Waals surface area contributed by atoms with E-state index in [-0.39, 0.29) is 17.6 Å². The first-order chi connectivity index (χ1) is 12.1. The molecule has 1 aromatic carbocycles. The Morgan fingerprint density at radius 2 is 1.92 bits per heavy atom. The molecule has 0 bridgehead atoms. The van der Waals surface area contributed by atoms with E-state index in [1.807, 2.05) is 38.1 Å². The van der Waals surface area contributed by atoms with Gasteiger partial charge in [-0.3, -0.25) is 4.79 Å². The van der Waals surface area contributed by atoms with Crippen molar-refractivity contribution in [2.24, 2.45) is 0 Å². The van der Waals surface area contributed by atoms with Gasteiger partial charge in [0.1, 0.15) is 11.5 Å². The van der Waals surface area contributed by atoms with E-state index >= 15 is 0 Å². The monoisotopic (exact) mass is 341 g/mol. The molecule has 1 saturated heterocycles. The van der Waals surface area contributed by atoms with Crippen molar-refractivity contribution in [3.8, 4) is 0 Å². The normalized spacial score (nSPS) is 14.4. The average Bonchev–Trinajstić information content (AvgIpc) is 2.63. The van der Waals surface area contributed by atoms with Gasteiger partial charge >= 0.3 is 0 Å². The van der Waals surface area contributed by atoms with Crippen LogP contribution in [0.2, 0.25) is 0 Å². The van der Waals surface area contributed by atoms with Crippen molar-refractivity contribution in [1.29, 1.82) is 0 Å². The molecular formula is C18H23N5O2. The van der Waals surface area contributed by atoms with Gasteiger partial charge in [-0.1, -0.05) is 12.1 Å². The summed E-state index contributed by atoms with van der Waals surface area (Å²) in [5.41, 5.74) is 2.04. The quantitative estimate of drug-likeness (QED) is 0.869. The van der Waals surface area contributed by atoms with E-state index in [1.165, 1.54) is 6.20 Å². The summed E-state index contributed by atoms with van der Waals surface area (Å²) >= 11 is 0. The van der Waals surface area contributed by atoms with Crippen LogP contribution in [0.5, 0.6) is 0 Å². The van der Waals surface area contributed by atoms with Crippen LogP contribution in [0.4, 0.5) is 17.2 Å². The zero-order valence-corrected chi connectivity index (χ0v) is 14.5. The van der Waals surface area contributed by atoms with Crippen LogP contribution in [0.15, 0.2) is 36.7 Å². The van der Waals surface area contributed by atoms with Crippen molar-refractivity contribution in [1.82, 2.24) is 9.97 Å². The van der Waals surface area contributed by atoms with Gasteiger partial charge in [0, 0.05) is 19.1 Å². The molecule has 3 rings (SSSR count). The molecule has 0 spiro atoms. The van der Waals surface area contributed by atoms with Crippen LogP contribution in [0.3, 0.4) is 0 Å². The Morgan fingerprint density at radius 1 is 1.16 bits per heavy atom. The third-order valence-electron chi connectivity index (χ3n) is 3.83. The van der Waals surface area contributed by atoms with Crippen LogP contribution in [0, 0.1) is 0 Å². The zero-order valence-electron chi connectivity index (χ0n) is 14.5. The minimum Gasteiger partial charge on any atom is -0.378 e. The Hall–Kier alpha value is -2.67. The molecule has 25 heavy (non-hydrogen) atoms. The lowest BCUT2D eigenvalue weighted by molar-refractivity contribution is 0.102. The number of anilines is 3. The fourth-order valence-corrected chi connectivity index (χ4v) is 2.66. The maximum Gasteiger partial charge on any atom is 0.275 e. The third-order valence-corrected chi connectivity index (χ3v) is 3.83. The lowest BCUT2D eigenvalue weighted by Gasteiger charge is -2.30. The van der Waals surface area contributed by atoms with Gasteiger partial charge in [-0.15, -0.1) is 0 Å². The molecule has 2 aromatic rings. The summed E-state index contributed by atoms with van der Waals surface area (Å²) in [7, 11) is 0. The Kier molecular flexibility index (Phi) is 5.45. The second-order valence-electron chi connectivity index (χ2n) is 6.16. The van der Waals surface area contributed by atoms with Crippen molar-refractivity contribution in [3.63, 3.8) is 0 Å². The van der Waals surface area contributed by atoms with E-state index in [2.05, 4.69) is 25.5 Å². The number of hydrogen-bond acceptors (Lipinski definition) is 6. The smallest absolute Gasteiger partial charge is 0.275 e. The van der Waals surface area contributed by atoms with E-state index < -0.39 is 0 Å². The molecule has 1 aliphatic heterocycles. The molecule has 2 heterocycles. The highest BCUT2D eigenvalue weighted by atomic mass is 16.5. The van der Waals surface area contributed by atoms with E-state index in [0.717, 1.165) is 24.5 Å². The van der Waals surface area contributed by atoms with E-state index in [4.69, 9.17) is 4.74 Å². The van der Waals surface area contributed by atoms with Crippen molar-refractivity contribution in [2.75, 3.05) is 41.8 Å². The fraction of sp³-hybridized carbons (Fsp3) is 0.389. The zero-order chi connectivity index (χ0) is 17.6. The van der Waals surface area contributed by atoms with Crippen LogP contribution < -0.4 is 15.5 Å². The minimum atomic E-state index is -0.274. The van der Waals surface area contributed by atoms with E-state index in [9.17, 15) is 4.79 Å². The van der Waals surface area contributed by atoms with Gasteiger partial charge in [0.25, 0.3) is 5.91 Å². The SMILES string of the molecule is CC(C)Nc1cnc(C(=O)Nc2ccccc2N2CCOCC2)cn1. The van der Waals surface area contributed by atoms with E-state index in [0.29, 0.717) is 19.0 Å². The molecule has 2 N–H and O–H groups in total. The van der Waals surface area contributed by atoms with Crippen molar-refractivity contribution in [2.45, 2.75) is 19.9 Å². The molecule has 0 atom stereocenters. The predicted octanol–water partition coefficient (Wildman–Crippen LogP) is 2.39. The highest BCUT2D eigenvalue weighted by Crippen LogP contribution is 2.26. The summed E-state index contributed by atoms with van der Waals surface area (Å²) in [4.78, 5) is 23.1. The molecule has 0 aliphatic carbocycles. The number of morpholine rings is 1. The third kappa shape index (κ3) is 4.45. The van der Waals surface area contributed by atoms with E-state index in [1.54, 1.807) is 6.20 Å². The minimum absolute atomic E-state index is 0.259. The molecule has 0 unspecified atom stereocenters. The van der Waals surface area contributed by atoms with Crippen LogP contribution in [-0.4, -0.2) is 48.2 Å². The number of hydrogen-bond donors (Lipinski definition) is 2. The van der Waals surface area contributed by atoms with Gasteiger partial charge < -0.3 is 20.3 Å². The molecule has 1 aliphatic rings. The highest BCUT2D eigenvalue weighted by Gasteiger charge is 2.17. The summed E-state index contributed by atoms with van der Waals surface area (Å²) < 4.78 is 5.40. The summed E-state index contributed by atoms with van der Waals surface area (Å²) in [6, 6.07) is 8.02. The first-order valence-corrected chi connectivity index (χ1v) is 8.45. The molecule has 0 radical (unpaired) electrons. The van der Waals surface area contributed by atoms with Gasteiger partial charge in [0.05, 0.1) is 37.0 Å². The van der Waals surface area contributed by atoms with Crippen LogP contribution in [-0.2, 0) is 4.74 Å². The number of ether oxygens (including phenoxy) is 1. The number of carbonyl (C=O) groups is 1. The maximum absolute atomic E-state index is 12.5. The first-order valence-electron chi connectivity index (χ1n) is 8.45. The molecule has 7 heteroatoms. The van der Waals surface area contributed by atoms with Crippen LogP contribution in [0.25, 0.3) is 0 Å². The van der Waals surface area contributed by atoms with Gasteiger partial charge in [-0.25, -0.2) is 9.97 Å². The fourth-order valence-electron chi connectivity index (χ4n) is 2.66. The molecule has 1 aromatic heterocycles. The second-order valence-corrected chi connectivity index (χ2v) is 6.16. The highest BCUT2D eigenvalue weighted by molar-refractivity contribution is 6.04. The number of aromatic nitrogens is 2. The predicted molar refractivity (Wildman–Crippen MR) is 98.2 cm³/mol. The Balaban J connectivity index is 1.72. The number of amides is 1. The first kappa shape index (κ1) is 17.2. The van der Waals surface area contributed by atoms with Crippen molar-refractivity contribution < 1.29 is 9.53 Å². The standard InChI is InChI=1S/C18H23N5O2/c1-13(2)21-17-12-19-15(11-20-17)18(24)22-14-5-3-4-6-16(14)23-7-9-25-10-8-23/h3-6,11-13H,7-10H2,1-2H3,(H,20,21)(H,22,24). The molecule has 1 amide bonds. The molecule has 132 valence electrons. The molecular weight excluding hydrogens is 318 g/mol. The number of benzene rings is 1. The van der Waals surface area contributed by atoms with Gasteiger partial charge in [0.2, 0.25) is 0 Å². The van der Waals surface area contributed by atoms with Gasteiger partial charge in [-0.2, -0.15) is 0 Å². The van der Waals surface area contributed by atoms with Crippen molar-refractivity contribution in [3.05, 3.63) is 42.4 Å². The summed E-state index contributed by atoms with van der Waals surface area (Å²) in [5.74, 6) is 0.379. The average molecular weight is 341 g/mol. The number of carbonyl (C=O) groups excluding carboxylic acids is 1. The molecule has 7 nitrogen and oxygen atoms in total. The number of nitrogens with one attached hydrogen (secondary N) is 2. The van der Waals surface area contributed by atoms with Gasteiger partial charge in [-0.05, 0) is 26.0 Å². The lowest BCUT2D eigenvalue weighted by Crippen LogP contribution is -2.36. The van der Waals surface area contributed by atoms with Crippen molar-refractivity contribution >= 4 is 23.1 Å². The molecule has 1 fully saturated rings. The maximum atomic E-state index is 12.5. The van der Waals surface area contributed by atoms with Gasteiger partial charge in [0.15, 0.2) is 0 Å². The summed E-state index contributed by atoms with van der Waals surface area (Å²) in [6.45, 7) is 7.04. The number of rotatable bonds is 5.